The Bertz CT molecular complexity index is 875. The highest BCUT2D eigenvalue weighted by Crippen LogP contribution is 2.32. The van der Waals surface area contributed by atoms with Crippen LogP contribution in [0.5, 0.6) is 11.5 Å². The van der Waals surface area contributed by atoms with Crippen LogP contribution in [0.3, 0.4) is 0 Å². The number of hydrogen-bond donors (Lipinski definition) is 3. The summed E-state index contributed by atoms with van der Waals surface area (Å²) in [6.45, 7) is 3.59. The molecule has 6 nitrogen and oxygen atoms in total. The molecule has 27 heavy (non-hydrogen) atoms. The van der Waals surface area contributed by atoms with E-state index in [0.717, 1.165) is 30.4 Å². The van der Waals surface area contributed by atoms with E-state index in [9.17, 15) is 9.90 Å². The molecule has 1 aliphatic rings. The van der Waals surface area contributed by atoms with E-state index < -0.39 is 0 Å². The smallest absolute Gasteiger partial charge is 0.252 e. The highest BCUT2D eigenvalue weighted by atomic mass is 16.5. The molecule has 0 spiro atoms. The fourth-order valence-electron chi connectivity index (χ4n) is 3.15. The molecule has 0 aliphatic heterocycles. The first-order valence-electron chi connectivity index (χ1n) is 9.00. The topological polar surface area (TPSA) is 94.4 Å². The second-order valence-electron chi connectivity index (χ2n) is 6.86. The summed E-state index contributed by atoms with van der Waals surface area (Å²) < 4.78 is 6.04. The van der Waals surface area contributed by atoms with Crippen LogP contribution in [-0.2, 0) is 6.61 Å². The van der Waals surface area contributed by atoms with Crippen molar-refractivity contribution in [3.8, 4) is 17.7 Å². The maximum Gasteiger partial charge on any atom is 0.252 e. The Kier molecular flexibility index (Phi) is 5.63. The van der Waals surface area contributed by atoms with Crippen LogP contribution < -0.4 is 15.4 Å². The molecule has 1 amide bonds. The monoisotopic (exact) mass is 365 g/mol. The zero-order valence-electron chi connectivity index (χ0n) is 15.5. The summed E-state index contributed by atoms with van der Waals surface area (Å²) in [5, 5.41) is 24.0. The lowest BCUT2D eigenvalue weighted by molar-refractivity contribution is 0.0913. The van der Waals surface area contributed by atoms with Gasteiger partial charge in [-0.25, -0.2) is 0 Å². The summed E-state index contributed by atoms with van der Waals surface area (Å²) in [5.74, 6) is 1.02. The predicted molar refractivity (Wildman–Crippen MR) is 103 cm³/mol. The Hall–Kier alpha value is -3.04. The average molecular weight is 365 g/mol. The molecular weight excluding hydrogens is 342 g/mol. The number of amides is 1. The SMILES string of the molecule is Cc1cc(NC#N)cc(C)c1Oc1ccc(CO)c(C(=O)NC2CCC2)c1. The number of benzene rings is 2. The number of carbonyl (C=O) groups is 1. The lowest BCUT2D eigenvalue weighted by Crippen LogP contribution is -2.39. The van der Waals surface area contributed by atoms with Crippen molar-refractivity contribution in [2.75, 3.05) is 5.32 Å². The van der Waals surface area contributed by atoms with Gasteiger partial charge in [0, 0.05) is 17.3 Å². The van der Waals surface area contributed by atoms with Crippen molar-refractivity contribution in [3.05, 3.63) is 52.6 Å². The Morgan fingerprint density at radius 3 is 2.52 bits per heavy atom. The largest absolute Gasteiger partial charge is 0.457 e. The number of aliphatic hydroxyl groups is 1. The highest BCUT2D eigenvalue weighted by Gasteiger charge is 2.22. The number of aryl methyl sites for hydroxylation is 2. The normalized spacial score (nSPS) is 13.4. The Balaban J connectivity index is 1.86. The van der Waals surface area contributed by atoms with Gasteiger partial charge in [-0.2, -0.15) is 5.26 Å². The summed E-state index contributed by atoms with van der Waals surface area (Å²) in [6.07, 6.45) is 5.04. The first-order chi connectivity index (χ1) is 13.0. The molecule has 6 heteroatoms. The number of carbonyl (C=O) groups excluding carboxylic acids is 1. The molecule has 1 fully saturated rings. The minimum absolute atomic E-state index is 0.184. The number of nitrogens with zero attached hydrogens (tertiary/aromatic N) is 1. The molecule has 140 valence electrons. The Morgan fingerprint density at radius 2 is 1.96 bits per heavy atom. The minimum Gasteiger partial charge on any atom is -0.457 e. The Labute approximate surface area is 158 Å². The molecule has 3 rings (SSSR count). The molecule has 0 bridgehead atoms. The zero-order chi connectivity index (χ0) is 19.4. The number of anilines is 1. The molecule has 0 unspecified atom stereocenters. The van der Waals surface area contributed by atoms with Crippen molar-refractivity contribution in [2.24, 2.45) is 0 Å². The van der Waals surface area contributed by atoms with E-state index in [4.69, 9.17) is 10.00 Å². The van der Waals surface area contributed by atoms with Crippen LogP contribution in [0, 0.1) is 25.3 Å². The lowest BCUT2D eigenvalue weighted by Gasteiger charge is -2.26. The maximum atomic E-state index is 12.6. The van der Waals surface area contributed by atoms with Crippen LogP contribution in [0.1, 0.15) is 46.3 Å². The van der Waals surface area contributed by atoms with Gasteiger partial charge in [0.25, 0.3) is 5.91 Å². The van der Waals surface area contributed by atoms with Gasteiger partial charge in [0.1, 0.15) is 11.5 Å². The first-order valence-corrected chi connectivity index (χ1v) is 9.00. The zero-order valence-corrected chi connectivity index (χ0v) is 15.5. The average Bonchev–Trinajstić information content (AvgIpc) is 2.61. The minimum atomic E-state index is -0.208. The van der Waals surface area contributed by atoms with E-state index in [2.05, 4.69) is 10.6 Å². The van der Waals surface area contributed by atoms with Gasteiger partial charge in [-0.15, -0.1) is 0 Å². The van der Waals surface area contributed by atoms with Gasteiger partial charge in [0.2, 0.25) is 0 Å². The molecule has 0 saturated heterocycles. The van der Waals surface area contributed by atoms with Gasteiger partial charge < -0.3 is 15.2 Å². The van der Waals surface area contributed by atoms with Crippen molar-refractivity contribution in [2.45, 2.75) is 45.8 Å². The fourth-order valence-corrected chi connectivity index (χ4v) is 3.15. The van der Waals surface area contributed by atoms with Crippen LogP contribution in [-0.4, -0.2) is 17.1 Å². The van der Waals surface area contributed by atoms with Gasteiger partial charge in [-0.3, -0.25) is 10.1 Å². The van der Waals surface area contributed by atoms with Crippen LogP contribution in [0.2, 0.25) is 0 Å². The summed E-state index contributed by atoms with van der Waals surface area (Å²) >= 11 is 0. The maximum absolute atomic E-state index is 12.6. The van der Waals surface area contributed by atoms with E-state index in [0.29, 0.717) is 28.3 Å². The van der Waals surface area contributed by atoms with E-state index in [1.165, 1.54) is 0 Å². The molecule has 2 aromatic carbocycles. The summed E-state index contributed by atoms with van der Waals surface area (Å²) in [4.78, 5) is 12.6. The van der Waals surface area contributed by atoms with Gasteiger partial charge in [0.05, 0.1) is 6.61 Å². The molecular formula is C21H23N3O3. The van der Waals surface area contributed by atoms with Gasteiger partial charge in [-0.05, 0) is 74.1 Å². The standard InChI is InChI=1S/C21H23N3O3/c1-13-8-17(23-12-22)9-14(2)20(13)27-18-7-6-15(11-25)19(10-18)21(26)24-16-4-3-5-16/h6-10,16,23,25H,3-5,11H2,1-2H3,(H,24,26). The second kappa shape index (κ2) is 8.11. The summed E-state index contributed by atoms with van der Waals surface area (Å²) in [7, 11) is 0. The number of ether oxygens (including phenoxy) is 1. The van der Waals surface area contributed by atoms with E-state index in [-0.39, 0.29) is 18.6 Å². The van der Waals surface area contributed by atoms with Crippen LogP contribution in [0.25, 0.3) is 0 Å². The molecule has 0 atom stereocenters. The van der Waals surface area contributed by atoms with Crippen LogP contribution >= 0.6 is 0 Å². The van der Waals surface area contributed by atoms with Gasteiger partial charge >= 0.3 is 0 Å². The molecule has 0 heterocycles. The first kappa shape index (κ1) is 18.7. The van der Waals surface area contributed by atoms with Crippen LogP contribution in [0.4, 0.5) is 5.69 Å². The number of nitrogens with one attached hydrogen (secondary N) is 2. The third-order valence-corrected chi connectivity index (χ3v) is 4.82. The number of rotatable bonds is 6. The van der Waals surface area contributed by atoms with Crippen molar-refractivity contribution < 1.29 is 14.6 Å². The molecule has 0 radical (unpaired) electrons. The summed E-state index contributed by atoms with van der Waals surface area (Å²) in [5.41, 5.74) is 3.45. The van der Waals surface area contributed by atoms with E-state index >= 15 is 0 Å². The molecule has 1 aliphatic carbocycles. The molecule has 0 aromatic heterocycles. The molecule has 1 saturated carbocycles. The number of aliphatic hydroxyl groups excluding tert-OH is 1. The Morgan fingerprint density at radius 1 is 1.26 bits per heavy atom. The van der Waals surface area contributed by atoms with Crippen LogP contribution in [0.15, 0.2) is 30.3 Å². The molecule has 3 N–H and O–H groups in total. The fraction of sp³-hybridized carbons (Fsp3) is 0.333. The lowest BCUT2D eigenvalue weighted by atomic mass is 9.92. The number of nitriles is 1. The number of hydrogen-bond acceptors (Lipinski definition) is 5. The molecule has 2 aromatic rings. The quantitative estimate of drug-likeness (QED) is 0.535. The van der Waals surface area contributed by atoms with Gasteiger partial charge in [0.15, 0.2) is 6.19 Å². The summed E-state index contributed by atoms with van der Waals surface area (Å²) in [6, 6.07) is 9.00. The van der Waals surface area contributed by atoms with Crippen molar-refractivity contribution in [1.29, 1.82) is 5.26 Å². The van der Waals surface area contributed by atoms with Crippen molar-refractivity contribution >= 4 is 11.6 Å². The van der Waals surface area contributed by atoms with E-state index in [1.807, 2.05) is 32.2 Å². The third kappa shape index (κ3) is 4.21. The van der Waals surface area contributed by atoms with E-state index in [1.54, 1.807) is 18.2 Å². The van der Waals surface area contributed by atoms with Crippen molar-refractivity contribution in [3.63, 3.8) is 0 Å². The van der Waals surface area contributed by atoms with Crippen molar-refractivity contribution in [1.82, 2.24) is 5.32 Å². The third-order valence-electron chi connectivity index (χ3n) is 4.82. The predicted octanol–water partition coefficient (Wildman–Crippen LogP) is 3.76. The van der Waals surface area contributed by atoms with Gasteiger partial charge in [-0.1, -0.05) is 6.07 Å². The second-order valence-corrected chi connectivity index (χ2v) is 6.86. The highest BCUT2D eigenvalue weighted by molar-refractivity contribution is 5.96.